The fourth-order valence-corrected chi connectivity index (χ4v) is 1.57. The third-order valence-electron chi connectivity index (χ3n) is 2.69. The van der Waals surface area contributed by atoms with Crippen LogP contribution < -0.4 is 9.47 Å². The predicted octanol–water partition coefficient (Wildman–Crippen LogP) is 3.36. The minimum absolute atomic E-state index is 0.286. The Labute approximate surface area is 122 Å². The van der Waals surface area contributed by atoms with Crippen molar-refractivity contribution in [1.29, 1.82) is 0 Å². The van der Waals surface area contributed by atoms with Crippen molar-refractivity contribution in [3.8, 4) is 11.5 Å². The molecule has 2 rings (SSSR count). The predicted molar refractivity (Wildman–Crippen MR) is 75.6 cm³/mol. The molecule has 0 atom stereocenters. The fourth-order valence-electron chi connectivity index (χ4n) is 1.57. The highest BCUT2D eigenvalue weighted by atomic mass is 16.7. The molecule has 0 bridgehead atoms. The van der Waals surface area contributed by atoms with Crippen LogP contribution in [0.3, 0.4) is 0 Å². The second-order valence-electron chi connectivity index (χ2n) is 4.28. The molecule has 0 amide bonds. The Morgan fingerprint density at radius 3 is 1.90 bits per heavy atom. The van der Waals surface area contributed by atoms with E-state index < -0.39 is 12.1 Å². The van der Waals surface area contributed by atoms with Crippen LogP contribution in [0.4, 0.5) is 4.79 Å². The van der Waals surface area contributed by atoms with Gasteiger partial charge in [-0.3, -0.25) is 0 Å². The smallest absolute Gasteiger partial charge is 0.437 e. The molecule has 0 N–H and O–H groups in total. The molecule has 0 unspecified atom stereocenters. The number of aryl methyl sites for hydroxylation is 1. The average Bonchev–Trinajstić information content (AvgIpc) is 2.50. The Hall–Kier alpha value is -2.82. The molecule has 2 aromatic carbocycles. The molecule has 0 aliphatic rings. The molecule has 5 heteroatoms. The summed E-state index contributed by atoms with van der Waals surface area (Å²) in [7, 11) is 1.22. The highest BCUT2D eigenvalue weighted by Gasteiger charge is 2.10. The standard InChI is InChI=1S/C16H14O5/c1-11-3-7-13(8-4-11)20-15(17)12-5-9-14(10-6-12)21-16(18)19-2/h3-10H,1-2H3. The topological polar surface area (TPSA) is 61.8 Å². The molecule has 0 aliphatic heterocycles. The van der Waals surface area contributed by atoms with Crippen LogP contribution in [0.5, 0.6) is 11.5 Å². The van der Waals surface area contributed by atoms with Crippen LogP contribution in [0.25, 0.3) is 0 Å². The van der Waals surface area contributed by atoms with Crippen molar-refractivity contribution in [2.45, 2.75) is 6.92 Å². The van der Waals surface area contributed by atoms with Gasteiger partial charge in [-0.15, -0.1) is 0 Å². The van der Waals surface area contributed by atoms with E-state index in [0.717, 1.165) is 5.56 Å². The van der Waals surface area contributed by atoms with E-state index in [0.29, 0.717) is 11.3 Å². The van der Waals surface area contributed by atoms with Crippen LogP contribution in [0.1, 0.15) is 15.9 Å². The fraction of sp³-hybridized carbons (Fsp3) is 0.125. The highest BCUT2D eigenvalue weighted by molar-refractivity contribution is 5.91. The number of rotatable bonds is 3. The van der Waals surface area contributed by atoms with Crippen LogP contribution in [-0.2, 0) is 4.74 Å². The maximum absolute atomic E-state index is 11.9. The van der Waals surface area contributed by atoms with Gasteiger partial charge in [-0.2, -0.15) is 0 Å². The summed E-state index contributed by atoms with van der Waals surface area (Å²) < 4.78 is 14.4. The molecule has 0 heterocycles. The third-order valence-corrected chi connectivity index (χ3v) is 2.69. The molecule has 21 heavy (non-hydrogen) atoms. The van der Waals surface area contributed by atoms with Crippen molar-refractivity contribution < 1.29 is 23.8 Å². The van der Waals surface area contributed by atoms with Crippen molar-refractivity contribution in [2.75, 3.05) is 7.11 Å². The van der Waals surface area contributed by atoms with E-state index in [-0.39, 0.29) is 5.75 Å². The monoisotopic (exact) mass is 286 g/mol. The quantitative estimate of drug-likeness (QED) is 0.492. The molecule has 5 nitrogen and oxygen atoms in total. The normalized spacial score (nSPS) is 9.81. The molecule has 0 radical (unpaired) electrons. The van der Waals surface area contributed by atoms with E-state index in [1.807, 2.05) is 19.1 Å². The number of carbonyl (C=O) groups is 2. The van der Waals surface area contributed by atoms with Crippen molar-refractivity contribution in [2.24, 2.45) is 0 Å². The summed E-state index contributed by atoms with van der Waals surface area (Å²) in [6, 6.07) is 13.2. The Kier molecular flexibility index (Phi) is 4.56. The van der Waals surface area contributed by atoms with Gasteiger partial charge in [0.15, 0.2) is 0 Å². The van der Waals surface area contributed by atoms with Gasteiger partial charge in [-0.1, -0.05) is 17.7 Å². The van der Waals surface area contributed by atoms with Gasteiger partial charge in [-0.25, -0.2) is 9.59 Å². The lowest BCUT2D eigenvalue weighted by molar-refractivity contribution is 0.0734. The van der Waals surface area contributed by atoms with Crippen LogP contribution >= 0.6 is 0 Å². The molecule has 0 saturated heterocycles. The first-order valence-corrected chi connectivity index (χ1v) is 6.23. The lowest BCUT2D eigenvalue weighted by Gasteiger charge is -2.06. The van der Waals surface area contributed by atoms with E-state index in [1.165, 1.54) is 31.4 Å². The largest absolute Gasteiger partial charge is 0.513 e. The van der Waals surface area contributed by atoms with Crippen LogP contribution in [0.15, 0.2) is 48.5 Å². The number of benzene rings is 2. The van der Waals surface area contributed by atoms with Gasteiger partial charge >= 0.3 is 12.1 Å². The molecule has 0 aliphatic carbocycles. The highest BCUT2D eigenvalue weighted by Crippen LogP contribution is 2.16. The SMILES string of the molecule is COC(=O)Oc1ccc(C(=O)Oc2ccc(C)cc2)cc1. The summed E-state index contributed by atoms with van der Waals surface area (Å²) >= 11 is 0. The Balaban J connectivity index is 2.02. The van der Waals surface area contributed by atoms with Crippen molar-refractivity contribution >= 4 is 12.1 Å². The van der Waals surface area contributed by atoms with Crippen molar-refractivity contribution in [1.82, 2.24) is 0 Å². The number of carbonyl (C=O) groups excluding carboxylic acids is 2. The summed E-state index contributed by atoms with van der Waals surface area (Å²) in [5.41, 5.74) is 1.44. The number of ether oxygens (including phenoxy) is 3. The lowest BCUT2D eigenvalue weighted by Crippen LogP contribution is -2.09. The van der Waals surface area contributed by atoms with Gasteiger partial charge in [0.05, 0.1) is 12.7 Å². The number of methoxy groups -OCH3 is 1. The van der Waals surface area contributed by atoms with Gasteiger partial charge in [0.2, 0.25) is 0 Å². The second kappa shape index (κ2) is 6.56. The maximum Gasteiger partial charge on any atom is 0.513 e. The van der Waals surface area contributed by atoms with E-state index >= 15 is 0 Å². The summed E-state index contributed by atoms with van der Waals surface area (Å²) in [6.07, 6.45) is -0.815. The van der Waals surface area contributed by atoms with Gasteiger partial charge in [0, 0.05) is 0 Å². The average molecular weight is 286 g/mol. The van der Waals surface area contributed by atoms with Gasteiger partial charge in [-0.05, 0) is 43.3 Å². The molecular formula is C16H14O5. The minimum Gasteiger partial charge on any atom is -0.437 e. The molecule has 0 spiro atoms. The number of esters is 1. The number of hydrogen-bond acceptors (Lipinski definition) is 5. The van der Waals surface area contributed by atoms with Crippen LogP contribution in [0, 0.1) is 6.92 Å². The van der Waals surface area contributed by atoms with E-state index in [4.69, 9.17) is 9.47 Å². The summed E-state index contributed by atoms with van der Waals surface area (Å²) in [5.74, 6) is 0.276. The first-order chi connectivity index (χ1) is 10.1. The number of hydrogen-bond donors (Lipinski definition) is 0. The lowest BCUT2D eigenvalue weighted by atomic mass is 10.2. The van der Waals surface area contributed by atoms with Gasteiger partial charge in [0.1, 0.15) is 11.5 Å². The second-order valence-corrected chi connectivity index (χ2v) is 4.28. The van der Waals surface area contributed by atoms with Crippen LogP contribution in [0.2, 0.25) is 0 Å². The van der Waals surface area contributed by atoms with E-state index in [9.17, 15) is 9.59 Å². The minimum atomic E-state index is -0.815. The van der Waals surface area contributed by atoms with Crippen molar-refractivity contribution in [3.05, 3.63) is 59.7 Å². The van der Waals surface area contributed by atoms with Gasteiger partial charge < -0.3 is 14.2 Å². The zero-order valence-electron chi connectivity index (χ0n) is 11.7. The third kappa shape index (κ3) is 4.07. The molecule has 0 aromatic heterocycles. The molecular weight excluding hydrogens is 272 g/mol. The Bertz CT molecular complexity index is 629. The first kappa shape index (κ1) is 14.6. The molecule has 108 valence electrons. The van der Waals surface area contributed by atoms with E-state index in [1.54, 1.807) is 12.1 Å². The Morgan fingerprint density at radius 1 is 0.810 bits per heavy atom. The Morgan fingerprint density at radius 2 is 1.33 bits per heavy atom. The molecule has 0 fully saturated rings. The van der Waals surface area contributed by atoms with Gasteiger partial charge in [0.25, 0.3) is 0 Å². The summed E-state index contributed by atoms with van der Waals surface area (Å²) in [6.45, 7) is 1.95. The maximum atomic E-state index is 11.9. The molecule has 0 saturated carbocycles. The zero-order valence-corrected chi connectivity index (χ0v) is 11.7. The summed E-state index contributed by atoms with van der Waals surface area (Å²) in [5, 5.41) is 0. The zero-order chi connectivity index (χ0) is 15.2. The molecule has 2 aromatic rings. The van der Waals surface area contributed by atoms with Crippen LogP contribution in [-0.4, -0.2) is 19.2 Å². The van der Waals surface area contributed by atoms with E-state index in [2.05, 4.69) is 4.74 Å². The summed E-state index contributed by atoms with van der Waals surface area (Å²) in [4.78, 5) is 22.9. The van der Waals surface area contributed by atoms with Crippen molar-refractivity contribution in [3.63, 3.8) is 0 Å². The first-order valence-electron chi connectivity index (χ1n) is 6.23.